The second-order valence-corrected chi connectivity index (χ2v) is 10.4. The standard InChI is InChI=1S/C32H34N4O5.ClH/c1-20-25-15-16-32(2,41-30(25)27-6-4-3-5-26(27)29(20)38)17-18-39-23-11-7-21(8-12-23)36(31(34)35)22-9-13-24(14-10-22)40-19-28(33)37;/h3-14,38H,15-19H2,1-2H3,(H2,33,37)(H3,34,35);1H. The van der Waals surface area contributed by atoms with E-state index in [1.807, 2.05) is 55.5 Å². The number of hydrogen-bond acceptors (Lipinski definition) is 6. The highest BCUT2D eigenvalue weighted by atomic mass is 35.5. The van der Waals surface area contributed by atoms with Gasteiger partial charge in [0.25, 0.3) is 5.91 Å². The molecule has 0 fully saturated rings. The van der Waals surface area contributed by atoms with Crippen molar-refractivity contribution in [2.45, 2.75) is 38.7 Å². The Labute approximate surface area is 250 Å². The number of phenolic OH excluding ortho intramolecular Hbond substituents is 1. The van der Waals surface area contributed by atoms with Crippen LogP contribution in [0.1, 0.15) is 30.9 Å². The van der Waals surface area contributed by atoms with Crippen LogP contribution < -0.4 is 30.6 Å². The van der Waals surface area contributed by atoms with Gasteiger partial charge in [0, 0.05) is 34.1 Å². The summed E-state index contributed by atoms with van der Waals surface area (Å²) in [5.41, 5.74) is 13.9. The summed E-state index contributed by atoms with van der Waals surface area (Å²) in [7, 11) is 0. The first-order valence-electron chi connectivity index (χ1n) is 13.5. The molecular weight excluding hydrogens is 556 g/mol. The monoisotopic (exact) mass is 590 g/mol. The maximum Gasteiger partial charge on any atom is 0.255 e. The molecule has 0 saturated heterocycles. The molecule has 6 N–H and O–H groups in total. The van der Waals surface area contributed by atoms with Crippen LogP contribution in [0.3, 0.4) is 0 Å². The SMILES string of the molecule is Cc1c2c(c3ccccc3c1O)OC(C)(CCOc1ccc(N(C(=N)N)c3ccc(OCC(N)=O)cc3)cc1)CC2.Cl. The van der Waals surface area contributed by atoms with Gasteiger partial charge in [-0.15, -0.1) is 12.4 Å². The van der Waals surface area contributed by atoms with Crippen LogP contribution in [0.25, 0.3) is 10.8 Å². The van der Waals surface area contributed by atoms with E-state index >= 15 is 0 Å². The average molecular weight is 591 g/mol. The zero-order valence-corrected chi connectivity index (χ0v) is 24.4. The molecule has 0 saturated carbocycles. The molecule has 0 spiro atoms. The highest BCUT2D eigenvalue weighted by molar-refractivity contribution is 6.00. The summed E-state index contributed by atoms with van der Waals surface area (Å²) in [6.45, 7) is 4.30. The Morgan fingerprint density at radius 2 is 1.55 bits per heavy atom. The number of fused-ring (bicyclic) bond motifs is 3. The lowest BCUT2D eigenvalue weighted by molar-refractivity contribution is -0.119. The molecule has 1 aliphatic rings. The van der Waals surface area contributed by atoms with Crippen molar-refractivity contribution in [3.8, 4) is 23.0 Å². The topological polar surface area (TPSA) is 144 Å². The minimum atomic E-state index is -0.558. The van der Waals surface area contributed by atoms with Gasteiger partial charge in [-0.25, -0.2) is 0 Å². The Balaban J connectivity index is 0.00000405. The number of ether oxygens (including phenoxy) is 3. The second kappa shape index (κ2) is 12.5. The predicted molar refractivity (Wildman–Crippen MR) is 167 cm³/mol. The molecule has 4 aromatic carbocycles. The predicted octanol–water partition coefficient (Wildman–Crippen LogP) is 5.72. The first-order chi connectivity index (χ1) is 19.6. The molecule has 0 bridgehead atoms. The average Bonchev–Trinajstić information content (AvgIpc) is 2.96. The Morgan fingerprint density at radius 3 is 2.12 bits per heavy atom. The molecule has 1 heterocycles. The van der Waals surface area contributed by atoms with E-state index in [2.05, 4.69) is 6.92 Å². The van der Waals surface area contributed by atoms with Crippen LogP contribution in [0, 0.1) is 12.3 Å². The lowest BCUT2D eigenvalue weighted by Crippen LogP contribution is -2.38. The van der Waals surface area contributed by atoms with E-state index in [-0.39, 0.29) is 25.0 Å². The molecule has 1 atom stereocenters. The van der Waals surface area contributed by atoms with Crippen LogP contribution in [0.5, 0.6) is 23.0 Å². The molecule has 220 valence electrons. The van der Waals surface area contributed by atoms with Crippen molar-refractivity contribution in [2.75, 3.05) is 18.1 Å². The van der Waals surface area contributed by atoms with Crippen molar-refractivity contribution in [3.63, 3.8) is 0 Å². The molecule has 1 unspecified atom stereocenters. The van der Waals surface area contributed by atoms with Gasteiger partial charge in [-0.3, -0.25) is 15.1 Å². The van der Waals surface area contributed by atoms with E-state index in [0.29, 0.717) is 41.7 Å². The van der Waals surface area contributed by atoms with Crippen molar-refractivity contribution in [1.82, 2.24) is 0 Å². The molecule has 4 aromatic rings. The summed E-state index contributed by atoms with van der Waals surface area (Å²) in [6, 6.07) is 22.0. The van der Waals surface area contributed by atoms with Crippen LogP contribution in [0.15, 0.2) is 72.8 Å². The smallest absolute Gasteiger partial charge is 0.255 e. The number of rotatable bonds is 9. The third-order valence-corrected chi connectivity index (χ3v) is 7.47. The summed E-state index contributed by atoms with van der Waals surface area (Å²) < 4.78 is 18.0. The van der Waals surface area contributed by atoms with E-state index in [9.17, 15) is 9.90 Å². The minimum Gasteiger partial charge on any atom is -0.507 e. The number of anilines is 2. The fourth-order valence-electron chi connectivity index (χ4n) is 5.20. The Morgan fingerprint density at radius 1 is 0.976 bits per heavy atom. The van der Waals surface area contributed by atoms with Gasteiger partial charge in [-0.05, 0) is 80.8 Å². The second-order valence-electron chi connectivity index (χ2n) is 10.4. The zero-order chi connectivity index (χ0) is 29.1. The van der Waals surface area contributed by atoms with E-state index in [0.717, 1.165) is 40.5 Å². The van der Waals surface area contributed by atoms with Crippen LogP contribution in [-0.4, -0.2) is 35.8 Å². The number of carbonyl (C=O) groups is 1. The van der Waals surface area contributed by atoms with Crippen LogP contribution in [-0.2, 0) is 11.2 Å². The Bertz CT molecular complexity index is 1590. The normalized spacial score (nSPS) is 15.6. The van der Waals surface area contributed by atoms with Gasteiger partial charge in [-0.2, -0.15) is 0 Å². The zero-order valence-electron chi connectivity index (χ0n) is 23.6. The maximum atomic E-state index is 10.9. The highest BCUT2D eigenvalue weighted by Gasteiger charge is 2.34. The number of hydrogen-bond donors (Lipinski definition) is 4. The van der Waals surface area contributed by atoms with Gasteiger partial charge in [0.1, 0.15) is 28.6 Å². The molecule has 10 heteroatoms. The third-order valence-electron chi connectivity index (χ3n) is 7.47. The van der Waals surface area contributed by atoms with Crippen molar-refractivity contribution < 1.29 is 24.1 Å². The quantitative estimate of drug-likeness (QED) is 0.144. The Kier molecular flexibility index (Phi) is 9.02. The molecule has 0 aliphatic carbocycles. The number of nitrogens with one attached hydrogen (secondary N) is 1. The maximum absolute atomic E-state index is 10.9. The fraction of sp³-hybridized carbons (Fsp3) is 0.250. The van der Waals surface area contributed by atoms with Crippen LogP contribution >= 0.6 is 12.4 Å². The number of halogens is 1. The van der Waals surface area contributed by atoms with Crippen molar-refractivity contribution in [1.29, 1.82) is 5.41 Å². The lowest BCUT2D eigenvalue weighted by Gasteiger charge is -2.37. The summed E-state index contributed by atoms with van der Waals surface area (Å²) in [5.74, 6) is 1.65. The van der Waals surface area contributed by atoms with Gasteiger partial charge in [-0.1, -0.05) is 24.3 Å². The van der Waals surface area contributed by atoms with Crippen molar-refractivity contribution >= 4 is 46.4 Å². The number of benzene rings is 4. The van der Waals surface area contributed by atoms with Crippen LogP contribution in [0.2, 0.25) is 0 Å². The van der Waals surface area contributed by atoms with E-state index in [4.69, 9.17) is 31.1 Å². The largest absolute Gasteiger partial charge is 0.507 e. The summed E-state index contributed by atoms with van der Waals surface area (Å²) in [5, 5.41) is 20.5. The van der Waals surface area contributed by atoms with E-state index in [1.54, 1.807) is 29.2 Å². The Hall–Kier alpha value is -4.63. The summed E-state index contributed by atoms with van der Waals surface area (Å²) in [4.78, 5) is 12.5. The molecule has 5 rings (SSSR count). The number of guanidine groups is 1. The van der Waals surface area contributed by atoms with Gasteiger partial charge >= 0.3 is 0 Å². The molecule has 1 amide bonds. The summed E-state index contributed by atoms with van der Waals surface area (Å²) in [6.07, 6.45) is 2.33. The van der Waals surface area contributed by atoms with Gasteiger partial charge in [0.2, 0.25) is 0 Å². The number of nitrogens with two attached hydrogens (primary N) is 2. The molecule has 0 aromatic heterocycles. The van der Waals surface area contributed by atoms with Gasteiger partial charge in [0.15, 0.2) is 12.6 Å². The number of aromatic hydroxyl groups is 1. The van der Waals surface area contributed by atoms with E-state index in [1.165, 1.54) is 0 Å². The lowest BCUT2D eigenvalue weighted by atomic mass is 9.86. The van der Waals surface area contributed by atoms with Gasteiger partial charge < -0.3 is 30.8 Å². The molecule has 9 nitrogen and oxygen atoms in total. The first kappa shape index (κ1) is 30.3. The number of amides is 1. The van der Waals surface area contributed by atoms with Crippen molar-refractivity contribution in [2.24, 2.45) is 11.5 Å². The molecule has 0 radical (unpaired) electrons. The van der Waals surface area contributed by atoms with Crippen molar-refractivity contribution in [3.05, 3.63) is 83.9 Å². The molecule has 42 heavy (non-hydrogen) atoms. The first-order valence-corrected chi connectivity index (χ1v) is 13.5. The van der Waals surface area contributed by atoms with Gasteiger partial charge in [0.05, 0.1) is 6.61 Å². The number of primary amides is 1. The number of carbonyl (C=O) groups excluding carboxylic acids is 1. The molecule has 1 aliphatic heterocycles. The fourth-order valence-corrected chi connectivity index (χ4v) is 5.20. The third kappa shape index (κ3) is 6.31. The van der Waals surface area contributed by atoms with E-state index < -0.39 is 11.5 Å². The molecular formula is C32H35ClN4O5. The minimum absolute atomic E-state index is 0. The highest BCUT2D eigenvalue weighted by Crippen LogP contribution is 2.45. The number of phenols is 1. The van der Waals surface area contributed by atoms with Crippen LogP contribution in [0.4, 0.5) is 11.4 Å². The summed E-state index contributed by atoms with van der Waals surface area (Å²) >= 11 is 0. The number of nitrogens with zero attached hydrogens (tertiary/aromatic N) is 1.